The van der Waals surface area contributed by atoms with Gasteiger partial charge in [-0.05, 0) is 42.9 Å². The number of carboxylic acid groups (broad SMARTS) is 1. The number of carbonyl (C=O) groups is 3. The van der Waals surface area contributed by atoms with E-state index in [9.17, 15) is 14.4 Å². The highest BCUT2D eigenvalue weighted by atomic mass is 16.5. The molecular formula is C18H21N3O5. The van der Waals surface area contributed by atoms with Gasteiger partial charge in [-0.1, -0.05) is 0 Å². The summed E-state index contributed by atoms with van der Waals surface area (Å²) >= 11 is 0. The van der Waals surface area contributed by atoms with Gasteiger partial charge in [0.05, 0.1) is 5.69 Å². The molecule has 1 aromatic carbocycles. The number of fused-ring (bicyclic) bond motifs is 1. The second kappa shape index (κ2) is 6.28. The average Bonchev–Trinajstić information content (AvgIpc) is 3.05. The Hall–Kier alpha value is -2.61. The predicted octanol–water partition coefficient (Wildman–Crippen LogP) is 0.686. The van der Waals surface area contributed by atoms with E-state index in [1.807, 2.05) is 4.90 Å². The van der Waals surface area contributed by atoms with Crippen molar-refractivity contribution >= 4 is 23.5 Å². The topological polar surface area (TPSA) is 108 Å². The van der Waals surface area contributed by atoms with Crippen molar-refractivity contribution in [1.82, 2.24) is 10.2 Å². The van der Waals surface area contributed by atoms with Crippen molar-refractivity contribution < 1.29 is 24.2 Å². The zero-order valence-corrected chi connectivity index (χ0v) is 14.3. The highest BCUT2D eigenvalue weighted by Crippen LogP contribution is 2.40. The Morgan fingerprint density at radius 3 is 2.73 bits per heavy atom. The zero-order chi connectivity index (χ0) is 18.3. The van der Waals surface area contributed by atoms with E-state index in [-0.39, 0.29) is 23.8 Å². The largest absolute Gasteiger partial charge is 0.482 e. The second-order valence-corrected chi connectivity index (χ2v) is 7.32. The summed E-state index contributed by atoms with van der Waals surface area (Å²) in [6.07, 6.45) is 2.22. The number of nitrogens with one attached hydrogen (secondary N) is 2. The van der Waals surface area contributed by atoms with Gasteiger partial charge in [0.15, 0.2) is 6.61 Å². The van der Waals surface area contributed by atoms with Crippen LogP contribution in [0.1, 0.15) is 29.6 Å². The van der Waals surface area contributed by atoms with Crippen molar-refractivity contribution in [3.8, 4) is 5.75 Å². The number of carbonyl (C=O) groups excluding carboxylic acids is 2. The SMILES string of the molecule is O=C1COc2cc(C(=O)N3CCC4(CC3)CNC(C(=O)O)C4)ccc2N1. The number of rotatable bonds is 2. The fraction of sp³-hybridized carbons (Fsp3) is 0.500. The number of hydrogen-bond acceptors (Lipinski definition) is 5. The van der Waals surface area contributed by atoms with Gasteiger partial charge in [0.25, 0.3) is 11.8 Å². The number of piperidine rings is 1. The molecule has 3 aliphatic heterocycles. The molecule has 2 fully saturated rings. The number of amides is 2. The van der Waals surface area contributed by atoms with Crippen LogP contribution in [0.15, 0.2) is 18.2 Å². The summed E-state index contributed by atoms with van der Waals surface area (Å²) in [5.74, 6) is -0.568. The zero-order valence-electron chi connectivity index (χ0n) is 14.3. The molecule has 3 heterocycles. The molecule has 3 aliphatic rings. The van der Waals surface area contributed by atoms with Crippen LogP contribution in [-0.2, 0) is 9.59 Å². The number of anilines is 1. The van der Waals surface area contributed by atoms with Crippen LogP contribution < -0.4 is 15.4 Å². The lowest BCUT2D eigenvalue weighted by molar-refractivity contribution is -0.139. The minimum Gasteiger partial charge on any atom is -0.482 e. The van der Waals surface area contributed by atoms with Crippen LogP contribution >= 0.6 is 0 Å². The van der Waals surface area contributed by atoms with E-state index in [2.05, 4.69) is 10.6 Å². The van der Waals surface area contributed by atoms with Crippen LogP contribution in [0.3, 0.4) is 0 Å². The van der Waals surface area contributed by atoms with Crippen LogP contribution in [0.5, 0.6) is 5.75 Å². The van der Waals surface area contributed by atoms with E-state index in [0.717, 1.165) is 12.8 Å². The van der Waals surface area contributed by atoms with E-state index >= 15 is 0 Å². The maximum Gasteiger partial charge on any atom is 0.320 e. The van der Waals surface area contributed by atoms with Gasteiger partial charge in [-0.3, -0.25) is 14.4 Å². The summed E-state index contributed by atoms with van der Waals surface area (Å²) in [5.41, 5.74) is 1.08. The summed E-state index contributed by atoms with van der Waals surface area (Å²) in [7, 11) is 0. The van der Waals surface area contributed by atoms with Crippen molar-refractivity contribution in [2.24, 2.45) is 5.41 Å². The number of benzene rings is 1. The number of carboxylic acids is 1. The van der Waals surface area contributed by atoms with Crippen LogP contribution in [0.25, 0.3) is 0 Å². The molecule has 2 amide bonds. The van der Waals surface area contributed by atoms with Gasteiger partial charge in [0, 0.05) is 25.2 Å². The third-order valence-electron chi connectivity index (χ3n) is 5.63. The van der Waals surface area contributed by atoms with E-state index in [1.54, 1.807) is 18.2 Å². The summed E-state index contributed by atoms with van der Waals surface area (Å²) < 4.78 is 5.38. The molecule has 0 saturated carbocycles. The number of likely N-dealkylation sites (tertiary alicyclic amines) is 1. The first-order valence-corrected chi connectivity index (χ1v) is 8.78. The Kier molecular flexibility index (Phi) is 4.07. The Labute approximate surface area is 150 Å². The molecule has 0 aromatic heterocycles. The molecule has 26 heavy (non-hydrogen) atoms. The number of ether oxygens (including phenoxy) is 1. The fourth-order valence-corrected chi connectivity index (χ4v) is 4.05. The highest BCUT2D eigenvalue weighted by Gasteiger charge is 2.44. The van der Waals surface area contributed by atoms with E-state index in [4.69, 9.17) is 9.84 Å². The minimum atomic E-state index is -0.804. The molecule has 1 unspecified atom stereocenters. The van der Waals surface area contributed by atoms with Gasteiger partial charge in [-0.2, -0.15) is 0 Å². The maximum atomic E-state index is 12.8. The van der Waals surface area contributed by atoms with Crippen LogP contribution in [0, 0.1) is 5.41 Å². The molecule has 1 aromatic rings. The molecular weight excluding hydrogens is 338 g/mol. The van der Waals surface area contributed by atoms with Crippen LogP contribution in [0.4, 0.5) is 5.69 Å². The summed E-state index contributed by atoms with van der Waals surface area (Å²) in [4.78, 5) is 37.1. The van der Waals surface area contributed by atoms with Gasteiger partial charge in [0.2, 0.25) is 0 Å². The van der Waals surface area contributed by atoms with Crippen molar-refractivity contribution in [3.63, 3.8) is 0 Å². The first-order chi connectivity index (χ1) is 12.5. The fourth-order valence-electron chi connectivity index (χ4n) is 4.05. The smallest absolute Gasteiger partial charge is 0.320 e. The molecule has 0 bridgehead atoms. The Bertz CT molecular complexity index is 770. The molecule has 0 aliphatic carbocycles. The third-order valence-corrected chi connectivity index (χ3v) is 5.63. The maximum absolute atomic E-state index is 12.8. The van der Waals surface area contributed by atoms with Gasteiger partial charge < -0.3 is 25.4 Å². The molecule has 1 spiro atoms. The van der Waals surface area contributed by atoms with Gasteiger partial charge in [-0.15, -0.1) is 0 Å². The molecule has 0 radical (unpaired) electrons. The van der Waals surface area contributed by atoms with Crippen LogP contribution in [0.2, 0.25) is 0 Å². The molecule has 8 nitrogen and oxygen atoms in total. The van der Waals surface area contributed by atoms with Crippen molar-refractivity contribution in [2.75, 3.05) is 31.6 Å². The predicted molar refractivity (Wildman–Crippen MR) is 92.2 cm³/mol. The number of aliphatic carboxylic acids is 1. The van der Waals surface area contributed by atoms with E-state index in [0.29, 0.717) is 43.1 Å². The lowest BCUT2D eigenvalue weighted by Crippen LogP contribution is -2.44. The first kappa shape index (κ1) is 16.8. The van der Waals surface area contributed by atoms with Crippen molar-refractivity contribution in [3.05, 3.63) is 23.8 Å². The normalized spacial score (nSPS) is 23.9. The third kappa shape index (κ3) is 3.01. The highest BCUT2D eigenvalue weighted by molar-refractivity contribution is 5.99. The van der Waals surface area contributed by atoms with Gasteiger partial charge in [0.1, 0.15) is 11.8 Å². The molecule has 3 N–H and O–H groups in total. The van der Waals surface area contributed by atoms with Gasteiger partial charge in [-0.25, -0.2) is 0 Å². The molecule has 4 rings (SSSR count). The molecule has 1 atom stereocenters. The molecule has 138 valence electrons. The van der Waals surface area contributed by atoms with Crippen molar-refractivity contribution in [1.29, 1.82) is 0 Å². The average molecular weight is 359 g/mol. The van der Waals surface area contributed by atoms with Crippen molar-refractivity contribution in [2.45, 2.75) is 25.3 Å². The quantitative estimate of drug-likeness (QED) is 0.717. The number of nitrogens with zero attached hydrogens (tertiary/aromatic N) is 1. The second-order valence-electron chi connectivity index (χ2n) is 7.32. The monoisotopic (exact) mass is 359 g/mol. The Morgan fingerprint density at radius 2 is 2.04 bits per heavy atom. The lowest BCUT2D eigenvalue weighted by atomic mass is 9.76. The van der Waals surface area contributed by atoms with Gasteiger partial charge >= 0.3 is 5.97 Å². The molecule has 2 saturated heterocycles. The first-order valence-electron chi connectivity index (χ1n) is 8.78. The standard InChI is InChI=1S/C18H21N3O5/c22-15-9-26-14-7-11(1-2-12(14)20-15)16(23)21-5-3-18(4-6-21)8-13(17(24)25)19-10-18/h1-2,7,13,19H,3-6,8-10H2,(H,20,22)(H,24,25). The van der Waals surface area contributed by atoms with E-state index in [1.165, 1.54) is 0 Å². The lowest BCUT2D eigenvalue weighted by Gasteiger charge is -2.39. The molecule has 8 heteroatoms. The summed E-state index contributed by atoms with van der Waals surface area (Å²) in [6.45, 7) is 1.87. The minimum absolute atomic E-state index is 0.0247. The summed E-state index contributed by atoms with van der Waals surface area (Å²) in [5, 5.41) is 14.9. The summed E-state index contributed by atoms with van der Waals surface area (Å²) in [6, 6.07) is 4.56. The number of hydrogen-bond donors (Lipinski definition) is 3. The Balaban J connectivity index is 1.41. The van der Waals surface area contributed by atoms with Crippen LogP contribution in [-0.4, -0.2) is 60.1 Å². The Morgan fingerprint density at radius 1 is 1.27 bits per heavy atom. The van der Waals surface area contributed by atoms with E-state index < -0.39 is 12.0 Å².